The van der Waals surface area contributed by atoms with Crippen molar-refractivity contribution in [3.8, 4) is 0 Å². The molecule has 0 aromatic rings. The van der Waals surface area contributed by atoms with E-state index in [0.717, 1.165) is 45.1 Å². The van der Waals surface area contributed by atoms with Crippen molar-refractivity contribution in [1.82, 2.24) is 9.21 Å². The minimum Gasteiger partial charge on any atom is -0.368 e. The molecule has 21 heavy (non-hydrogen) atoms. The number of carbonyl (C=O) groups excluding carboxylic acids is 1. The van der Waals surface area contributed by atoms with Crippen molar-refractivity contribution in [2.75, 3.05) is 32.5 Å². The van der Waals surface area contributed by atoms with Gasteiger partial charge in [-0.1, -0.05) is 0 Å². The molecule has 1 amide bonds. The molecule has 0 radical (unpaired) electrons. The van der Waals surface area contributed by atoms with Gasteiger partial charge in [0.05, 0.1) is 11.8 Å². The van der Waals surface area contributed by atoms with Crippen LogP contribution in [-0.2, 0) is 19.6 Å². The minimum atomic E-state index is -3.21. The van der Waals surface area contributed by atoms with Gasteiger partial charge in [-0.15, -0.1) is 0 Å². The SMILES string of the molecule is CS(=O)(=O)N1CCC[C@@]12CCCN(C(=O)[C@H]1CCCO1)C2. The summed E-state index contributed by atoms with van der Waals surface area (Å²) in [4.78, 5) is 14.4. The van der Waals surface area contributed by atoms with Gasteiger partial charge in [-0.05, 0) is 38.5 Å². The van der Waals surface area contributed by atoms with Crippen molar-refractivity contribution >= 4 is 15.9 Å². The first-order valence-corrected chi connectivity index (χ1v) is 9.65. The van der Waals surface area contributed by atoms with Crippen molar-refractivity contribution in [1.29, 1.82) is 0 Å². The second-order valence-corrected chi connectivity index (χ2v) is 8.43. The number of rotatable bonds is 2. The van der Waals surface area contributed by atoms with Crippen LogP contribution in [0.1, 0.15) is 38.5 Å². The molecule has 3 fully saturated rings. The van der Waals surface area contributed by atoms with Crippen molar-refractivity contribution in [3.63, 3.8) is 0 Å². The maximum absolute atomic E-state index is 12.5. The first-order valence-electron chi connectivity index (χ1n) is 7.81. The van der Waals surface area contributed by atoms with Gasteiger partial charge in [0, 0.05) is 26.2 Å². The normalized spacial score (nSPS) is 34.7. The summed E-state index contributed by atoms with van der Waals surface area (Å²) in [6, 6.07) is 0. The summed E-state index contributed by atoms with van der Waals surface area (Å²) in [5.74, 6) is 0.0481. The summed E-state index contributed by atoms with van der Waals surface area (Å²) in [5, 5.41) is 0. The van der Waals surface area contributed by atoms with Gasteiger partial charge in [0.2, 0.25) is 10.0 Å². The first kappa shape index (κ1) is 15.2. The molecule has 0 saturated carbocycles. The van der Waals surface area contributed by atoms with Crippen LogP contribution >= 0.6 is 0 Å². The number of ether oxygens (including phenoxy) is 1. The van der Waals surface area contributed by atoms with Crippen molar-refractivity contribution in [2.45, 2.75) is 50.2 Å². The van der Waals surface area contributed by atoms with Crippen molar-refractivity contribution in [2.24, 2.45) is 0 Å². The van der Waals surface area contributed by atoms with Crippen LogP contribution in [-0.4, -0.2) is 67.7 Å². The smallest absolute Gasteiger partial charge is 0.251 e. The van der Waals surface area contributed by atoms with Crippen LogP contribution < -0.4 is 0 Å². The number of likely N-dealkylation sites (tertiary alicyclic amines) is 1. The predicted molar refractivity (Wildman–Crippen MR) is 78.3 cm³/mol. The molecule has 6 nitrogen and oxygen atoms in total. The summed E-state index contributed by atoms with van der Waals surface area (Å²) in [7, 11) is -3.21. The Bertz CT molecular complexity index is 515. The zero-order valence-electron chi connectivity index (χ0n) is 12.6. The Morgan fingerprint density at radius 1 is 1.19 bits per heavy atom. The number of piperidine rings is 1. The lowest BCUT2D eigenvalue weighted by Crippen LogP contribution is -2.59. The topological polar surface area (TPSA) is 66.9 Å². The van der Waals surface area contributed by atoms with Crippen LogP contribution in [0, 0.1) is 0 Å². The fourth-order valence-corrected chi connectivity index (χ4v) is 5.52. The molecule has 0 bridgehead atoms. The zero-order valence-corrected chi connectivity index (χ0v) is 13.4. The van der Waals surface area contributed by atoms with Crippen LogP contribution in [0.15, 0.2) is 0 Å². The van der Waals surface area contributed by atoms with Gasteiger partial charge in [-0.25, -0.2) is 8.42 Å². The molecule has 0 aliphatic carbocycles. The van der Waals surface area contributed by atoms with E-state index in [1.54, 1.807) is 4.31 Å². The van der Waals surface area contributed by atoms with E-state index in [1.807, 2.05) is 4.90 Å². The number of nitrogens with zero attached hydrogens (tertiary/aromatic N) is 2. The Balaban J connectivity index is 1.77. The van der Waals surface area contributed by atoms with Crippen molar-refractivity contribution < 1.29 is 17.9 Å². The third-order valence-electron chi connectivity index (χ3n) is 5.00. The highest BCUT2D eigenvalue weighted by Gasteiger charge is 2.49. The quantitative estimate of drug-likeness (QED) is 0.747. The molecule has 1 spiro atoms. The minimum absolute atomic E-state index is 0.0481. The van der Waals surface area contributed by atoms with Gasteiger partial charge < -0.3 is 9.64 Å². The molecule has 7 heteroatoms. The van der Waals surface area contributed by atoms with Gasteiger partial charge in [0.15, 0.2) is 0 Å². The first-order chi connectivity index (χ1) is 9.92. The molecule has 3 aliphatic heterocycles. The third kappa shape index (κ3) is 2.83. The summed E-state index contributed by atoms with van der Waals surface area (Å²) >= 11 is 0. The maximum atomic E-state index is 12.5. The molecule has 2 atom stereocenters. The van der Waals surface area contributed by atoms with Crippen LogP contribution in [0.5, 0.6) is 0 Å². The van der Waals surface area contributed by atoms with E-state index in [-0.39, 0.29) is 17.6 Å². The molecule has 120 valence electrons. The zero-order chi connectivity index (χ0) is 15.1. The molecule has 3 rings (SSSR count). The molecule has 0 unspecified atom stereocenters. The lowest BCUT2D eigenvalue weighted by Gasteiger charge is -2.45. The summed E-state index contributed by atoms with van der Waals surface area (Å²) < 4.78 is 31.2. The molecular formula is C14H24N2O4S. The molecular weight excluding hydrogens is 292 g/mol. The van der Waals surface area contributed by atoms with E-state index < -0.39 is 10.0 Å². The second kappa shape index (κ2) is 5.52. The molecule has 0 aromatic heterocycles. The van der Waals surface area contributed by atoms with E-state index in [4.69, 9.17) is 4.74 Å². The molecule has 0 aromatic carbocycles. The molecule has 3 saturated heterocycles. The monoisotopic (exact) mass is 316 g/mol. The molecule has 3 aliphatic rings. The Hall–Kier alpha value is -0.660. The third-order valence-corrected chi connectivity index (χ3v) is 6.38. The number of hydrogen-bond donors (Lipinski definition) is 0. The molecule has 0 N–H and O–H groups in total. The van der Waals surface area contributed by atoms with E-state index >= 15 is 0 Å². The second-order valence-electron chi connectivity index (χ2n) is 6.53. The van der Waals surface area contributed by atoms with Crippen molar-refractivity contribution in [3.05, 3.63) is 0 Å². The fourth-order valence-electron chi connectivity index (χ4n) is 4.12. The average Bonchev–Trinajstić information content (AvgIpc) is 3.07. The number of hydrogen-bond acceptors (Lipinski definition) is 4. The summed E-state index contributed by atoms with van der Waals surface area (Å²) in [5.41, 5.74) is -0.375. The maximum Gasteiger partial charge on any atom is 0.251 e. The summed E-state index contributed by atoms with van der Waals surface area (Å²) in [6.45, 7) is 2.49. The predicted octanol–water partition coefficient (Wildman–Crippen LogP) is 0.582. The number of carbonyl (C=O) groups is 1. The Kier molecular flexibility index (Phi) is 4.00. The Labute approximate surface area is 126 Å². The van der Waals surface area contributed by atoms with Crippen LogP contribution in [0.25, 0.3) is 0 Å². The lowest BCUT2D eigenvalue weighted by molar-refractivity contribution is -0.144. The summed E-state index contributed by atoms with van der Waals surface area (Å²) in [6.07, 6.45) is 6.15. The number of amides is 1. The lowest BCUT2D eigenvalue weighted by atomic mass is 9.87. The van der Waals surface area contributed by atoms with Gasteiger partial charge >= 0.3 is 0 Å². The van der Waals surface area contributed by atoms with E-state index in [0.29, 0.717) is 19.7 Å². The van der Waals surface area contributed by atoms with Gasteiger partial charge in [0.25, 0.3) is 5.91 Å². The largest absolute Gasteiger partial charge is 0.368 e. The van der Waals surface area contributed by atoms with Gasteiger partial charge in [0.1, 0.15) is 6.10 Å². The van der Waals surface area contributed by atoms with Crippen LogP contribution in [0.3, 0.4) is 0 Å². The molecule has 3 heterocycles. The fraction of sp³-hybridized carbons (Fsp3) is 0.929. The number of sulfonamides is 1. The van der Waals surface area contributed by atoms with Gasteiger partial charge in [-0.2, -0.15) is 4.31 Å². The van der Waals surface area contributed by atoms with Crippen LogP contribution in [0.2, 0.25) is 0 Å². The highest BCUT2D eigenvalue weighted by Crippen LogP contribution is 2.39. The standard InChI is InChI=1S/C14H24N2O4S/c1-21(18,19)16-9-4-7-14(16)6-3-8-15(11-14)13(17)12-5-2-10-20-12/h12H,2-11H2,1H3/t12-,14-/m1/s1. The highest BCUT2D eigenvalue weighted by atomic mass is 32.2. The van der Waals surface area contributed by atoms with Gasteiger partial charge in [-0.3, -0.25) is 4.79 Å². The highest BCUT2D eigenvalue weighted by molar-refractivity contribution is 7.88. The Morgan fingerprint density at radius 2 is 1.90 bits per heavy atom. The Morgan fingerprint density at radius 3 is 2.52 bits per heavy atom. The van der Waals surface area contributed by atoms with E-state index in [1.165, 1.54) is 6.26 Å². The average molecular weight is 316 g/mol. The van der Waals surface area contributed by atoms with Crippen LogP contribution in [0.4, 0.5) is 0 Å². The van der Waals surface area contributed by atoms with E-state index in [2.05, 4.69) is 0 Å². The van der Waals surface area contributed by atoms with E-state index in [9.17, 15) is 13.2 Å².